The Bertz CT molecular complexity index is 1000. The molecule has 0 saturated carbocycles. The van der Waals surface area contributed by atoms with Gasteiger partial charge in [0.15, 0.2) is 0 Å². The highest BCUT2D eigenvalue weighted by Crippen LogP contribution is 2.40. The summed E-state index contributed by atoms with van der Waals surface area (Å²) < 4.78 is 15.7. The van der Waals surface area contributed by atoms with Crippen LogP contribution in [0.2, 0.25) is 5.02 Å². The van der Waals surface area contributed by atoms with E-state index in [2.05, 4.69) is 0 Å². The number of hydrogen-bond acceptors (Lipinski definition) is 6. The van der Waals surface area contributed by atoms with Gasteiger partial charge in [-0.3, -0.25) is 9.59 Å². The van der Waals surface area contributed by atoms with Crippen molar-refractivity contribution >= 4 is 29.1 Å². The van der Waals surface area contributed by atoms with Gasteiger partial charge in [0, 0.05) is 19.2 Å². The first-order valence-electron chi connectivity index (χ1n) is 9.76. The number of carbonyl (C=O) groups is 2. The summed E-state index contributed by atoms with van der Waals surface area (Å²) in [5.41, 5.74) is 0.970. The Morgan fingerprint density at radius 3 is 2.42 bits per heavy atom. The molecule has 0 bridgehead atoms. The van der Waals surface area contributed by atoms with Crippen molar-refractivity contribution in [1.82, 2.24) is 4.90 Å². The maximum atomic E-state index is 12.9. The summed E-state index contributed by atoms with van der Waals surface area (Å²) in [6.07, 6.45) is 0. The maximum Gasteiger partial charge on any atom is 0.295 e. The third-order valence-electron chi connectivity index (χ3n) is 5.01. The lowest BCUT2D eigenvalue weighted by atomic mass is 9.95. The van der Waals surface area contributed by atoms with Gasteiger partial charge >= 0.3 is 0 Å². The zero-order chi connectivity index (χ0) is 22.5. The first kappa shape index (κ1) is 22.7. The number of Topliss-reactive ketones (excluding diaryl/α,β-unsaturated/α-hetero) is 1. The molecule has 2 aromatic carbocycles. The van der Waals surface area contributed by atoms with Crippen LogP contribution in [0.4, 0.5) is 0 Å². The number of nitrogens with zero attached hydrogens (tertiary/aromatic N) is 1. The van der Waals surface area contributed by atoms with Crippen LogP contribution in [0.25, 0.3) is 5.76 Å². The number of likely N-dealkylation sites (tertiary alicyclic amines) is 1. The number of rotatable bonds is 8. The predicted molar refractivity (Wildman–Crippen MR) is 117 cm³/mol. The lowest BCUT2D eigenvalue weighted by Gasteiger charge is -2.25. The summed E-state index contributed by atoms with van der Waals surface area (Å²) in [7, 11) is 3.07. The van der Waals surface area contributed by atoms with E-state index in [0.29, 0.717) is 34.3 Å². The molecule has 0 spiro atoms. The maximum absolute atomic E-state index is 12.9. The number of benzene rings is 2. The number of hydrogen-bond donors (Lipinski definition) is 1. The normalized spacial score (nSPS) is 17.8. The summed E-state index contributed by atoms with van der Waals surface area (Å²) in [4.78, 5) is 27.1. The van der Waals surface area contributed by atoms with Gasteiger partial charge in [-0.2, -0.15) is 0 Å². The minimum Gasteiger partial charge on any atom is -0.507 e. The van der Waals surface area contributed by atoms with E-state index in [1.165, 1.54) is 18.1 Å². The van der Waals surface area contributed by atoms with Crippen LogP contribution in [0.15, 0.2) is 48.0 Å². The van der Waals surface area contributed by atoms with Crippen molar-refractivity contribution in [3.05, 3.63) is 64.2 Å². The number of carbonyl (C=O) groups excluding carboxylic acids is 2. The molecule has 1 aliphatic rings. The highest BCUT2D eigenvalue weighted by molar-refractivity contribution is 6.46. The Balaban J connectivity index is 2.12. The van der Waals surface area contributed by atoms with Crippen LogP contribution in [0, 0.1) is 0 Å². The minimum absolute atomic E-state index is 0.00787. The van der Waals surface area contributed by atoms with Crippen molar-refractivity contribution in [2.24, 2.45) is 0 Å². The van der Waals surface area contributed by atoms with Gasteiger partial charge in [0.05, 0.1) is 37.0 Å². The van der Waals surface area contributed by atoms with Crippen LogP contribution in [0.3, 0.4) is 0 Å². The van der Waals surface area contributed by atoms with Crippen molar-refractivity contribution in [3.8, 4) is 11.5 Å². The van der Waals surface area contributed by atoms with Gasteiger partial charge in [0.25, 0.3) is 11.7 Å². The lowest BCUT2D eigenvalue weighted by Crippen LogP contribution is -2.32. The van der Waals surface area contributed by atoms with E-state index in [4.69, 9.17) is 25.8 Å². The number of aliphatic hydroxyl groups is 1. The first-order chi connectivity index (χ1) is 14.9. The zero-order valence-electron chi connectivity index (χ0n) is 17.6. The molecule has 2 aromatic rings. The van der Waals surface area contributed by atoms with Gasteiger partial charge in [-0.1, -0.05) is 23.7 Å². The van der Waals surface area contributed by atoms with Crippen LogP contribution in [0.1, 0.15) is 24.1 Å². The molecule has 1 atom stereocenters. The third kappa shape index (κ3) is 4.52. The summed E-state index contributed by atoms with van der Waals surface area (Å²) in [6, 6.07) is 10.9. The predicted octanol–water partition coefficient (Wildman–Crippen LogP) is 3.82. The molecule has 1 saturated heterocycles. The van der Waals surface area contributed by atoms with E-state index in [-0.39, 0.29) is 24.5 Å². The molecule has 8 heteroatoms. The molecule has 7 nitrogen and oxygen atoms in total. The van der Waals surface area contributed by atoms with E-state index in [9.17, 15) is 14.7 Å². The molecule has 0 aromatic heterocycles. The average molecular weight is 446 g/mol. The Morgan fingerprint density at radius 1 is 1.13 bits per heavy atom. The van der Waals surface area contributed by atoms with E-state index in [1.807, 2.05) is 6.92 Å². The second-order valence-electron chi connectivity index (χ2n) is 6.84. The van der Waals surface area contributed by atoms with Crippen molar-refractivity contribution in [2.45, 2.75) is 13.0 Å². The third-order valence-corrected chi connectivity index (χ3v) is 5.31. The molecule has 1 amide bonds. The van der Waals surface area contributed by atoms with Gasteiger partial charge in [-0.25, -0.2) is 0 Å². The average Bonchev–Trinajstić information content (AvgIpc) is 3.03. The number of ether oxygens (including phenoxy) is 3. The standard InChI is InChI=1S/C23H24ClNO6/c1-4-31-18-10-7-15(13-17(18)24)21(26)19-20(14-5-8-16(30-3)9-6-14)25(11-12-29-2)23(28)22(19)27/h5-10,13,20,26H,4,11-12H2,1-3H3. The highest BCUT2D eigenvalue weighted by Gasteiger charge is 2.45. The van der Waals surface area contributed by atoms with Crippen LogP contribution in [0.5, 0.6) is 11.5 Å². The molecule has 1 N–H and O–H groups in total. The fourth-order valence-electron chi connectivity index (χ4n) is 3.51. The lowest BCUT2D eigenvalue weighted by molar-refractivity contribution is -0.140. The molecule has 1 aliphatic heterocycles. The fraction of sp³-hybridized carbons (Fsp3) is 0.304. The van der Waals surface area contributed by atoms with E-state index < -0.39 is 17.7 Å². The van der Waals surface area contributed by atoms with Gasteiger partial charge in [-0.15, -0.1) is 0 Å². The van der Waals surface area contributed by atoms with Crippen LogP contribution in [-0.2, 0) is 14.3 Å². The van der Waals surface area contributed by atoms with Crippen LogP contribution < -0.4 is 9.47 Å². The van der Waals surface area contributed by atoms with E-state index in [0.717, 1.165) is 0 Å². The second kappa shape index (κ2) is 9.85. The number of methoxy groups -OCH3 is 2. The molecule has 31 heavy (non-hydrogen) atoms. The molecule has 1 heterocycles. The smallest absolute Gasteiger partial charge is 0.295 e. The summed E-state index contributed by atoms with van der Waals surface area (Å²) in [5.74, 6) is -0.663. The SMILES string of the molecule is CCOc1ccc(C(O)=C2C(=O)C(=O)N(CCOC)C2c2ccc(OC)cc2)cc1Cl. The molecule has 0 aliphatic carbocycles. The molecule has 1 unspecified atom stereocenters. The van der Waals surface area contributed by atoms with E-state index >= 15 is 0 Å². The molecule has 164 valence electrons. The monoisotopic (exact) mass is 445 g/mol. The van der Waals surface area contributed by atoms with Crippen molar-refractivity contribution in [3.63, 3.8) is 0 Å². The molecular formula is C23H24ClNO6. The Kier molecular flexibility index (Phi) is 7.20. The number of ketones is 1. The van der Waals surface area contributed by atoms with Gasteiger partial charge in [0.2, 0.25) is 0 Å². The molecule has 0 radical (unpaired) electrons. The summed E-state index contributed by atoms with van der Waals surface area (Å²) >= 11 is 6.26. The molecular weight excluding hydrogens is 422 g/mol. The fourth-order valence-corrected chi connectivity index (χ4v) is 3.74. The minimum atomic E-state index is -0.772. The Morgan fingerprint density at radius 2 is 1.84 bits per heavy atom. The quantitative estimate of drug-likeness (QED) is 0.378. The van der Waals surface area contributed by atoms with E-state index in [1.54, 1.807) is 43.5 Å². The Hall–Kier alpha value is -3.03. The first-order valence-corrected chi connectivity index (χ1v) is 10.1. The number of aliphatic hydroxyl groups excluding tert-OH is 1. The van der Waals surface area contributed by atoms with Crippen molar-refractivity contribution in [2.75, 3.05) is 34.0 Å². The van der Waals surface area contributed by atoms with Crippen molar-refractivity contribution < 1.29 is 28.9 Å². The topological polar surface area (TPSA) is 85.3 Å². The number of halogens is 1. The summed E-state index contributed by atoms with van der Waals surface area (Å²) in [5, 5.41) is 11.3. The number of amides is 1. The van der Waals surface area contributed by atoms with Gasteiger partial charge < -0.3 is 24.2 Å². The van der Waals surface area contributed by atoms with Gasteiger partial charge in [-0.05, 0) is 42.8 Å². The highest BCUT2D eigenvalue weighted by atomic mass is 35.5. The summed E-state index contributed by atoms with van der Waals surface area (Å²) in [6.45, 7) is 2.71. The van der Waals surface area contributed by atoms with Gasteiger partial charge in [0.1, 0.15) is 17.3 Å². The largest absolute Gasteiger partial charge is 0.507 e. The Labute approximate surface area is 185 Å². The zero-order valence-corrected chi connectivity index (χ0v) is 18.3. The van der Waals surface area contributed by atoms with Crippen LogP contribution >= 0.6 is 11.6 Å². The molecule has 3 rings (SSSR count). The van der Waals surface area contributed by atoms with Crippen LogP contribution in [-0.4, -0.2) is 55.7 Å². The molecule has 1 fully saturated rings. The van der Waals surface area contributed by atoms with Crippen molar-refractivity contribution in [1.29, 1.82) is 0 Å². The second-order valence-corrected chi connectivity index (χ2v) is 7.24.